The third-order valence-corrected chi connectivity index (χ3v) is 5.09. The SMILES string of the molecule is CC(=O)N[C@@H](CSC(=O)Oc1ccc(-c2ccc(F)cc2F)cc1C(=O)OC(C)(C)C)C(C)=O. The molecule has 2 rings (SSSR count). The van der Waals surface area contributed by atoms with Crippen LogP contribution in [0, 0.1) is 11.6 Å². The number of ether oxygens (including phenoxy) is 2. The maximum Gasteiger partial charge on any atom is 0.372 e. The quantitative estimate of drug-likeness (QED) is 0.547. The van der Waals surface area contributed by atoms with Gasteiger partial charge < -0.3 is 14.8 Å². The minimum Gasteiger partial charge on any atom is -0.456 e. The Hall–Kier alpha value is -3.27. The molecule has 34 heavy (non-hydrogen) atoms. The van der Waals surface area contributed by atoms with Crippen LogP contribution >= 0.6 is 11.8 Å². The van der Waals surface area contributed by atoms with Crippen LogP contribution in [0.15, 0.2) is 36.4 Å². The summed E-state index contributed by atoms with van der Waals surface area (Å²) in [7, 11) is 0. The highest BCUT2D eigenvalue weighted by atomic mass is 32.2. The van der Waals surface area contributed by atoms with E-state index in [9.17, 15) is 28.0 Å². The van der Waals surface area contributed by atoms with Crippen molar-refractivity contribution in [2.45, 2.75) is 46.3 Å². The third-order valence-electron chi connectivity index (χ3n) is 4.27. The van der Waals surface area contributed by atoms with Gasteiger partial charge in [0.05, 0.1) is 6.04 Å². The van der Waals surface area contributed by atoms with Crippen LogP contribution in [-0.4, -0.2) is 40.4 Å². The lowest BCUT2D eigenvalue weighted by atomic mass is 10.0. The summed E-state index contributed by atoms with van der Waals surface area (Å²) in [5.41, 5.74) is -0.724. The smallest absolute Gasteiger partial charge is 0.372 e. The van der Waals surface area contributed by atoms with Gasteiger partial charge in [0.25, 0.3) is 0 Å². The summed E-state index contributed by atoms with van der Waals surface area (Å²) in [6.07, 6.45) is 0. The standard InChI is InChI=1S/C24H25F2NO6S/c1-13(28)20(27-14(2)29)12-34-23(31)32-21-9-6-15(17-8-7-16(25)11-19(17)26)10-18(21)22(30)33-24(3,4)5/h6-11,20H,12H2,1-5H3,(H,27,29)/t20-/m0/s1. The molecule has 1 N–H and O–H groups in total. The van der Waals surface area contributed by atoms with Crippen LogP contribution in [0.2, 0.25) is 0 Å². The molecule has 0 radical (unpaired) electrons. The molecule has 0 aliphatic rings. The van der Waals surface area contributed by atoms with Crippen LogP contribution in [0.25, 0.3) is 11.1 Å². The van der Waals surface area contributed by atoms with Crippen molar-refractivity contribution < 1.29 is 37.4 Å². The minimum atomic E-state index is -0.885. The Balaban J connectivity index is 2.33. The molecule has 0 spiro atoms. The van der Waals surface area contributed by atoms with Crippen molar-refractivity contribution in [3.8, 4) is 16.9 Å². The number of esters is 1. The van der Waals surface area contributed by atoms with Crippen molar-refractivity contribution in [3.05, 3.63) is 53.6 Å². The van der Waals surface area contributed by atoms with Crippen molar-refractivity contribution in [2.75, 3.05) is 5.75 Å². The first-order valence-corrected chi connectivity index (χ1v) is 11.2. The van der Waals surface area contributed by atoms with Crippen LogP contribution in [-0.2, 0) is 14.3 Å². The molecule has 0 aromatic heterocycles. The second kappa shape index (κ2) is 11.2. The highest BCUT2D eigenvalue weighted by Gasteiger charge is 2.25. The number of hydrogen-bond acceptors (Lipinski definition) is 7. The van der Waals surface area contributed by atoms with E-state index >= 15 is 0 Å². The Morgan fingerprint density at radius 1 is 1.03 bits per heavy atom. The Morgan fingerprint density at radius 3 is 2.26 bits per heavy atom. The van der Waals surface area contributed by atoms with Crippen molar-refractivity contribution in [1.82, 2.24) is 5.32 Å². The summed E-state index contributed by atoms with van der Waals surface area (Å²) in [6, 6.07) is 6.13. The molecular weight excluding hydrogens is 468 g/mol. The molecule has 182 valence electrons. The number of benzene rings is 2. The molecule has 10 heteroatoms. The van der Waals surface area contributed by atoms with Gasteiger partial charge in [-0.2, -0.15) is 0 Å². The van der Waals surface area contributed by atoms with E-state index in [1.807, 2.05) is 0 Å². The molecule has 0 saturated carbocycles. The highest BCUT2D eigenvalue weighted by Crippen LogP contribution is 2.31. The van der Waals surface area contributed by atoms with Gasteiger partial charge in [0, 0.05) is 24.3 Å². The van der Waals surface area contributed by atoms with Gasteiger partial charge in [-0.15, -0.1) is 0 Å². The van der Waals surface area contributed by atoms with Gasteiger partial charge in [0.15, 0.2) is 5.78 Å². The lowest BCUT2D eigenvalue weighted by Gasteiger charge is -2.21. The van der Waals surface area contributed by atoms with E-state index in [4.69, 9.17) is 9.47 Å². The van der Waals surface area contributed by atoms with Crippen molar-refractivity contribution in [2.24, 2.45) is 0 Å². The molecule has 7 nitrogen and oxygen atoms in total. The number of Topliss-reactive ketones (excluding diaryl/α,β-unsaturated/α-hetero) is 1. The minimum absolute atomic E-state index is 0.0399. The van der Waals surface area contributed by atoms with Crippen LogP contribution in [0.1, 0.15) is 45.0 Å². The summed E-state index contributed by atoms with van der Waals surface area (Å²) in [5.74, 6) is -3.38. The topological polar surface area (TPSA) is 98.8 Å². The Labute approximate surface area is 200 Å². The molecule has 2 aromatic carbocycles. The molecule has 0 heterocycles. The van der Waals surface area contributed by atoms with Gasteiger partial charge in [-0.05, 0) is 69.3 Å². The zero-order chi connectivity index (χ0) is 25.6. The first kappa shape index (κ1) is 27.0. The summed E-state index contributed by atoms with van der Waals surface area (Å²) in [6.45, 7) is 7.48. The van der Waals surface area contributed by atoms with Crippen LogP contribution in [0.5, 0.6) is 5.75 Å². The lowest BCUT2D eigenvalue weighted by Crippen LogP contribution is -2.40. The normalized spacial score (nSPS) is 12.0. The van der Waals surface area contributed by atoms with Gasteiger partial charge in [0.1, 0.15) is 28.5 Å². The van der Waals surface area contributed by atoms with Crippen LogP contribution in [0.4, 0.5) is 13.6 Å². The number of nitrogens with one attached hydrogen (secondary N) is 1. The molecule has 2 aromatic rings. The highest BCUT2D eigenvalue weighted by molar-refractivity contribution is 8.13. The Kier molecular flexibility index (Phi) is 8.92. The van der Waals surface area contributed by atoms with Gasteiger partial charge in [-0.25, -0.2) is 18.4 Å². The average molecular weight is 494 g/mol. The van der Waals surface area contributed by atoms with E-state index in [2.05, 4.69) is 5.32 Å². The molecular formula is C24H25F2NO6S. The number of carbonyl (C=O) groups excluding carboxylic acids is 4. The van der Waals surface area contributed by atoms with Gasteiger partial charge in [-0.1, -0.05) is 6.07 Å². The van der Waals surface area contributed by atoms with Gasteiger partial charge in [-0.3, -0.25) is 9.59 Å². The molecule has 1 atom stereocenters. The maximum atomic E-state index is 14.3. The monoisotopic (exact) mass is 493 g/mol. The molecule has 0 fully saturated rings. The second-order valence-corrected chi connectivity index (χ2v) is 9.32. The van der Waals surface area contributed by atoms with E-state index in [0.717, 1.165) is 6.07 Å². The zero-order valence-corrected chi connectivity index (χ0v) is 20.2. The fourth-order valence-corrected chi connectivity index (χ4v) is 3.55. The summed E-state index contributed by atoms with van der Waals surface area (Å²) in [5, 5.41) is 1.60. The van der Waals surface area contributed by atoms with E-state index in [0.29, 0.717) is 17.8 Å². The van der Waals surface area contributed by atoms with E-state index < -0.39 is 40.5 Å². The van der Waals surface area contributed by atoms with E-state index in [1.54, 1.807) is 20.8 Å². The number of carbonyl (C=O) groups is 4. The second-order valence-electron chi connectivity index (χ2n) is 8.36. The maximum absolute atomic E-state index is 14.3. The van der Waals surface area contributed by atoms with Crippen molar-refractivity contribution in [3.63, 3.8) is 0 Å². The lowest BCUT2D eigenvalue weighted by molar-refractivity contribution is -0.125. The Bertz CT molecular complexity index is 1110. The average Bonchev–Trinajstić information content (AvgIpc) is 2.70. The fraction of sp³-hybridized carbons (Fsp3) is 0.333. The van der Waals surface area contributed by atoms with Crippen LogP contribution < -0.4 is 10.1 Å². The third kappa shape index (κ3) is 7.95. The molecule has 0 aliphatic heterocycles. The molecule has 0 bridgehead atoms. The number of amides is 1. The first-order valence-electron chi connectivity index (χ1n) is 10.2. The van der Waals surface area contributed by atoms with E-state index in [-0.39, 0.29) is 34.0 Å². The van der Waals surface area contributed by atoms with Gasteiger partial charge in [0.2, 0.25) is 5.91 Å². The predicted octanol–water partition coefficient (Wildman–Crippen LogP) is 4.91. The molecule has 0 unspecified atom stereocenters. The number of thioether (sulfide) groups is 1. The predicted molar refractivity (Wildman–Crippen MR) is 124 cm³/mol. The number of halogens is 2. The summed E-state index contributed by atoms with van der Waals surface area (Å²) in [4.78, 5) is 48.1. The number of hydrogen-bond donors (Lipinski definition) is 1. The van der Waals surface area contributed by atoms with Gasteiger partial charge >= 0.3 is 11.3 Å². The molecule has 0 aliphatic carbocycles. The number of rotatable bonds is 7. The molecule has 1 amide bonds. The first-order chi connectivity index (χ1) is 15.8. The van der Waals surface area contributed by atoms with E-state index in [1.165, 1.54) is 38.1 Å². The summed E-state index contributed by atoms with van der Waals surface area (Å²) < 4.78 is 38.3. The fourth-order valence-electron chi connectivity index (χ4n) is 2.78. The largest absolute Gasteiger partial charge is 0.456 e. The number of ketones is 1. The van der Waals surface area contributed by atoms with Crippen molar-refractivity contribution >= 4 is 34.7 Å². The Morgan fingerprint density at radius 2 is 1.71 bits per heavy atom. The molecule has 0 saturated heterocycles. The van der Waals surface area contributed by atoms with Crippen molar-refractivity contribution in [1.29, 1.82) is 0 Å². The summed E-state index contributed by atoms with van der Waals surface area (Å²) >= 11 is 0.637. The van der Waals surface area contributed by atoms with Crippen LogP contribution in [0.3, 0.4) is 0 Å². The zero-order valence-electron chi connectivity index (χ0n) is 19.4.